The number of aryl methyl sites for hydroxylation is 1. The number of carbonyl (C=O) groups excluding carboxylic acids is 2. The van der Waals surface area contributed by atoms with E-state index in [0.29, 0.717) is 54.6 Å². The van der Waals surface area contributed by atoms with Gasteiger partial charge in [0.2, 0.25) is 0 Å². The topological polar surface area (TPSA) is 97.8 Å². The van der Waals surface area contributed by atoms with Gasteiger partial charge in [-0.3, -0.25) is 14.5 Å². The van der Waals surface area contributed by atoms with E-state index in [9.17, 15) is 14.7 Å². The monoisotopic (exact) mass is 510 g/mol. The number of likely N-dealkylation sites (tertiary alicyclic amines) is 1. The highest BCUT2D eigenvalue weighted by Gasteiger charge is 2.47. The van der Waals surface area contributed by atoms with Crippen LogP contribution in [-0.2, 0) is 14.3 Å². The molecule has 2 aromatic carbocycles. The smallest absolute Gasteiger partial charge is 0.295 e. The summed E-state index contributed by atoms with van der Waals surface area (Å²) in [4.78, 5) is 30.6. The Morgan fingerprint density at radius 2 is 1.68 bits per heavy atom. The van der Waals surface area contributed by atoms with Gasteiger partial charge in [0, 0.05) is 37.3 Å². The summed E-state index contributed by atoms with van der Waals surface area (Å²) in [5.41, 5.74) is 1.81. The lowest BCUT2D eigenvalue weighted by Gasteiger charge is -2.29. The average molecular weight is 511 g/mol. The Morgan fingerprint density at radius 3 is 2.32 bits per heavy atom. The minimum absolute atomic E-state index is 0.0208. The lowest BCUT2D eigenvalue weighted by Crippen LogP contribution is -2.39. The summed E-state index contributed by atoms with van der Waals surface area (Å²) in [6.45, 7) is 6.00. The number of ketones is 1. The van der Waals surface area contributed by atoms with Crippen LogP contribution in [0.4, 0.5) is 0 Å². The SMILES string of the molecule is COc1ccc(OC)c([C@H]2C(=C(O)c3ccc(OC)c(C)c3)C(=O)C(=O)N2CCCN2CCOCC2)c1. The summed E-state index contributed by atoms with van der Waals surface area (Å²) in [5, 5.41) is 11.4. The van der Waals surface area contributed by atoms with E-state index in [1.54, 1.807) is 50.6 Å². The molecule has 2 heterocycles. The van der Waals surface area contributed by atoms with Crippen LogP contribution in [0.3, 0.4) is 0 Å². The number of Topliss-reactive ketones (excluding diaryl/α,β-unsaturated/α-hetero) is 1. The van der Waals surface area contributed by atoms with Crippen molar-refractivity contribution in [3.05, 3.63) is 58.7 Å². The molecule has 2 aliphatic heterocycles. The standard InChI is InChI=1S/C28H34N2O7/c1-18-16-19(6-8-22(18)35-3)26(31)24-25(21-17-20(34-2)7-9-23(21)36-4)30(28(33)27(24)32)11-5-10-29-12-14-37-15-13-29/h6-9,16-17,25,31H,5,10-15H2,1-4H3/t25-/m0/s1. The lowest BCUT2D eigenvalue weighted by molar-refractivity contribution is -0.140. The molecule has 0 saturated carbocycles. The second-order valence-electron chi connectivity index (χ2n) is 9.09. The molecule has 2 fully saturated rings. The molecule has 9 heteroatoms. The van der Waals surface area contributed by atoms with E-state index in [2.05, 4.69) is 4.90 Å². The van der Waals surface area contributed by atoms with Crippen LogP contribution >= 0.6 is 0 Å². The predicted octanol–water partition coefficient (Wildman–Crippen LogP) is 3.16. The number of aliphatic hydroxyl groups excluding tert-OH is 1. The number of methoxy groups -OCH3 is 3. The van der Waals surface area contributed by atoms with Gasteiger partial charge in [-0.25, -0.2) is 0 Å². The number of carbonyl (C=O) groups is 2. The Morgan fingerprint density at radius 1 is 0.973 bits per heavy atom. The molecule has 4 rings (SSSR count). The van der Waals surface area contributed by atoms with E-state index >= 15 is 0 Å². The van der Waals surface area contributed by atoms with Crippen molar-refractivity contribution in [2.24, 2.45) is 0 Å². The fourth-order valence-electron chi connectivity index (χ4n) is 4.96. The van der Waals surface area contributed by atoms with E-state index in [0.717, 1.165) is 25.2 Å². The first-order valence-electron chi connectivity index (χ1n) is 12.3. The maximum atomic E-state index is 13.4. The Hall–Kier alpha value is -3.56. The third-order valence-electron chi connectivity index (χ3n) is 6.92. The summed E-state index contributed by atoms with van der Waals surface area (Å²) in [6.07, 6.45) is 0.664. The summed E-state index contributed by atoms with van der Waals surface area (Å²) >= 11 is 0. The van der Waals surface area contributed by atoms with Gasteiger partial charge in [0.25, 0.3) is 11.7 Å². The molecule has 9 nitrogen and oxygen atoms in total. The van der Waals surface area contributed by atoms with Crippen LogP contribution in [0.15, 0.2) is 42.0 Å². The third-order valence-corrected chi connectivity index (χ3v) is 6.92. The molecule has 1 N–H and O–H groups in total. The Bertz CT molecular complexity index is 1190. The van der Waals surface area contributed by atoms with E-state index in [1.807, 2.05) is 6.92 Å². The van der Waals surface area contributed by atoms with Crippen LogP contribution in [-0.4, -0.2) is 87.3 Å². The van der Waals surface area contributed by atoms with Crippen molar-refractivity contribution in [3.8, 4) is 17.2 Å². The molecule has 1 atom stereocenters. The van der Waals surface area contributed by atoms with Crippen molar-refractivity contribution < 1.29 is 33.6 Å². The van der Waals surface area contributed by atoms with E-state index in [1.165, 1.54) is 12.0 Å². The second-order valence-corrected chi connectivity index (χ2v) is 9.09. The van der Waals surface area contributed by atoms with Crippen molar-refractivity contribution in [3.63, 3.8) is 0 Å². The molecule has 2 aromatic rings. The zero-order valence-corrected chi connectivity index (χ0v) is 21.8. The zero-order chi connectivity index (χ0) is 26.5. The zero-order valence-electron chi connectivity index (χ0n) is 21.8. The number of hydrogen-bond acceptors (Lipinski definition) is 8. The molecular weight excluding hydrogens is 476 g/mol. The van der Waals surface area contributed by atoms with Crippen LogP contribution in [0.5, 0.6) is 17.2 Å². The Balaban J connectivity index is 1.77. The fraction of sp³-hybridized carbons (Fsp3) is 0.429. The van der Waals surface area contributed by atoms with Crippen LogP contribution in [0, 0.1) is 6.92 Å². The third kappa shape index (κ3) is 5.42. The van der Waals surface area contributed by atoms with Gasteiger partial charge in [-0.2, -0.15) is 0 Å². The van der Waals surface area contributed by atoms with Gasteiger partial charge in [-0.15, -0.1) is 0 Å². The van der Waals surface area contributed by atoms with Crippen LogP contribution in [0.1, 0.15) is 29.2 Å². The van der Waals surface area contributed by atoms with Crippen molar-refractivity contribution in [2.45, 2.75) is 19.4 Å². The summed E-state index contributed by atoms with van der Waals surface area (Å²) in [7, 11) is 4.65. The molecule has 0 radical (unpaired) electrons. The van der Waals surface area contributed by atoms with Crippen molar-refractivity contribution in [2.75, 3.05) is 60.7 Å². The molecule has 0 spiro atoms. The number of nitrogens with zero attached hydrogens (tertiary/aromatic N) is 2. The quantitative estimate of drug-likeness (QED) is 0.312. The maximum Gasteiger partial charge on any atom is 0.295 e. The largest absolute Gasteiger partial charge is 0.507 e. The number of morpholine rings is 1. The number of rotatable bonds is 9. The molecule has 0 bridgehead atoms. The fourth-order valence-corrected chi connectivity index (χ4v) is 4.96. The number of ether oxygens (including phenoxy) is 4. The van der Waals surface area contributed by atoms with Crippen molar-refractivity contribution in [1.29, 1.82) is 0 Å². The lowest BCUT2D eigenvalue weighted by atomic mass is 9.94. The highest BCUT2D eigenvalue weighted by atomic mass is 16.5. The van der Waals surface area contributed by atoms with Gasteiger partial charge in [0.05, 0.1) is 46.2 Å². The molecule has 0 aliphatic carbocycles. The molecule has 198 valence electrons. The molecule has 0 aromatic heterocycles. The normalized spacial score (nSPS) is 19.8. The first-order valence-corrected chi connectivity index (χ1v) is 12.3. The number of hydrogen-bond donors (Lipinski definition) is 1. The van der Waals surface area contributed by atoms with Gasteiger partial charge in [0.15, 0.2) is 0 Å². The van der Waals surface area contributed by atoms with Gasteiger partial charge in [-0.05, 0) is 55.3 Å². The van der Waals surface area contributed by atoms with Crippen LogP contribution < -0.4 is 14.2 Å². The highest BCUT2D eigenvalue weighted by Crippen LogP contribution is 2.44. The van der Waals surface area contributed by atoms with Gasteiger partial charge >= 0.3 is 0 Å². The van der Waals surface area contributed by atoms with Crippen LogP contribution in [0.25, 0.3) is 5.76 Å². The van der Waals surface area contributed by atoms with E-state index in [-0.39, 0.29) is 11.3 Å². The van der Waals surface area contributed by atoms with Crippen LogP contribution in [0.2, 0.25) is 0 Å². The minimum Gasteiger partial charge on any atom is -0.507 e. The van der Waals surface area contributed by atoms with Gasteiger partial charge < -0.3 is 29.0 Å². The van der Waals surface area contributed by atoms with Crippen molar-refractivity contribution in [1.82, 2.24) is 9.80 Å². The highest BCUT2D eigenvalue weighted by molar-refractivity contribution is 6.46. The molecule has 2 aliphatic rings. The summed E-state index contributed by atoms with van der Waals surface area (Å²) in [6, 6.07) is 9.53. The first kappa shape index (κ1) is 26.5. The van der Waals surface area contributed by atoms with E-state index in [4.69, 9.17) is 18.9 Å². The number of aliphatic hydroxyl groups is 1. The van der Waals surface area contributed by atoms with E-state index < -0.39 is 17.7 Å². The molecule has 0 unspecified atom stereocenters. The maximum absolute atomic E-state index is 13.4. The van der Waals surface area contributed by atoms with Gasteiger partial charge in [-0.1, -0.05) is 0 Å². The number of benzene rings is 2. The van der Waals surface area contributed by atoms with Crippen molar-refractivity contribution >= 4 is 17.4 Å². The Labute approximate surface area is 217 Å². The summed E-state index contributed by atoms with van der Waals surface area (Å²) < 4.78 is 21.8. The summed E-state index contributed by atoms with van der Waals surface area (Å²) in [5.74, 6) is 0.0781. The average Bonchev–Trinajstić information content (AvgIpc) is 3.17. The Kier molecular flexibility index (Phi) is 8.35. The predicted molar refractivity (Wildman–Crippen MR) is 138 cm³/mol. The first-order chi connectivity index (χ1) is 17.9. The molecule has 2 saturated heterocycles. The minimum atomic E-state index is -0.836. The molecule has 37 heavy (non-hydrogen) atoms. The van der Waals surface area contributed by atoms with Gasteiger partial charge in [0.1, 0.15) is 23.0 Å². The number of amides is 1. The molecular formula is C28H34N2O7. The molecule has 1 amide bonds. The second kappa shape index (κ2) is 11.7.